The molecule has 1 amide bonds. The van der Waals surface area contributed by atoms with Gasteiger partial charge in [-0.3, -0.25) is 4.79 Å². The van der Waals surface area contributed by atoms with Crippen molar-refractivity contribution < 1.29 is 9.90 Å². The van der Waals surface area contributed by atoms with Crippen LogP contribution in [-0.2, 0) is 7.05 Å². The Morgan fingerprint density at radius 2 is 2.30 bits per heavy atom. The van der Waals surface area contributed by atoms with Crippen LogP contribution in [0.1, 0.15) is 22.6 Å². The summed E-state index contributed by atoms with van der Waals surface area (Å²) in [7, 11) is 1.82. The Hall–Kier alpha value is -2.41. The van der Waals surface area contributed by atoms with Gasteiger partial charge < -0.3 is 19.9 Å². The maximum absolute atomic E-state index is 12.1. The van der Waals surface area contributed by atoms with Gasteiger partial charge in [0.25, 0.3) is 5.91 Å². The van der Waals surface area contributed by atoms with Crippen LogP contribution in [0.5, 0.6) is 0 Å². The van der Waals surface area contributed by atoms with E-state index in [1.807, 2.05) is 37.2 Å². The summed E-state index contributed by atoms with van der Waals surface area (Å²) in [5.41, 5.74) is 0.525. The molecule has 1 aliphatic heterocycles. The number of carbonyl (C=O) groups excluding carboxylic acids is 1. The first-order valence-corrected chi connectivity index (χ1v) is 7.62. The summed E-state index contributed by atoms with van der Waals surface area (Å²) in [6.07, 6.45) is 3.93. The summed E-state index contributed by atoms with van der Waals surface area (Å²) in [5.74, 6) is 0.629. The van der Waals surface area contributed by atoms with Crippen molar-refractivity contribution in [2.45, 2.75) is 18.9 Å². The van der Waals surface area contributed by atoms with Gasteiger partial charge in [-0.25, -0.2) is 9.97 Å². The van der Waals surface area contributed by atoms with Gasteiger partial charge in [-0.05, 0) is 25.5 Å². The molecule has 122 valence electrons. The van der Waals surface area contributed by atoms with Crippen molar-refractivity contribution in [1.29, 1.82) is 0 Å². The molecular formula is C16H21N5O2. The Kier molecular flexibility index (Phi) is 4.04. The fraction of sp³-hybridized carbons (Fsp3) is 0.438. The Balaban J connectivity index is 1.61. The van der Waals surface area contributed by atoms with E-state index in [1.54, 1.807) is 10.6 Å². The Morgan fingerprint density at radius 1 is 1.48 bits per heavy atom. The Labute approximate surface area is 135 Å². The number of hydrogen-bond donors (Lipinski definition) is 2. The third kappa shape index (κ3) is 3.34. The van der Waals surface area contributed by atoms with Crippen molar-refractivity contribution in [3.63, 3.8) is 0 Å². The molecule has 2 aromatic heterocycles. The first-order chi connectivity index (χ1) is 11.0. The molecule has 1 fully saturated rings. The summed E-state index contributed by atoms with van der Waals surface area (Å²) in [4.78, 5) is 22.5. The minimum atomic E-state index is -0.945. The maximum Gasteiger partial charge on any atom is 0.267 e. The van der Waals surface area contributed by atoms with Crippen molar-refractivity contribution in [3.8, 4) is 0 Å². The zero-order valence-electron chi connectivity index (χ0n) is 13.4. The largest absolute Gasteiger partial charge is 0.386 e. The standard InChI is InChI=1S/C16H21N5O2/c1-12-8-14(19-11-18-12)21-7-5-16(23,10-21)9-17-15(22)13-4-3-6-20(13)2/h3-4,6,8,11,23H,5,7,9-10H2,1-2H3,(H,17,22)/t16-/m0/s1. The van der Waals surface area contributed by atoms with Crippen molar-refractivity contribution in [1.82, 2.24) is 19.9 Å². The molecular weight excluding hydrogens is 294 g/mol. The molecule has 1 atom stereocenters. The number of anilines is 1. The summed E-state index contributed by atoms with van der Waals surface area (Å²) in [6.45, 7) is 3.27. The number of amides is 1. The van der Waals surface area contributed by atoms with Gasteiger partial charge in [-0.2, -0.15) is 0 Å². The number of aryl methyl sites for hydroxylation is 2. The van der Waals surface area contributed by atoms with Crippen LogP contribution in [0.4, 0.5) is 5.82 Å². The van der Waals surface area contributed by atoms with Gasteiger partial charge in [0, 0.05) is 44.6 Å². The zero-order chi connectivity index (χ0) is 16.4. The van der Waals surface area contributed by atoms with E-state index in [4.69, 9.17) is 0 Å². The monoisotopic (exact) mass is 315 g/mol. The molecule has 23 heavy (non-hydrogen) atoms. The van der Waals surface area contributed by atoms with Gasteiger partial charge in [0.05, 0.1) is 0 Å². The maximum atomic E-state index is 12.1. The number of rotatable bonds is 4. The van der Waals surface area contributed by atoms with Crippen LogP contribution in [-0.4, -0.2) is 50.8 Å². The minimum Gasteiger partial charge on any atom is -0.386 e. The average Bonchev–Trinajstić information content (AvgIpc) is 3.12. The highest BCUT2D eigenvalue weighted by Gasteiger charge is 2.37. The highest BCUT2D eigenvalue weighted by Crippen LogP contribution is 2.25. The van der Waals surface area contributed by atoms with Gasteiger partial charge in [-0.1, -0.05) is 0 Å². The summed E-state index contributed by atoms with van der Waals surface area (Å²) >= 11 is 0. The number of nitrogens with one attached hydrogen (secondary N) is 1. The first kappa shape index (κ1) is 15.5. The van der Waals surface area contributed by atoms with E-state index in [9.17, 15) is 9.90 Å². The third-order valence-corrected chi connectivity index (χ3v) is 4.20. The topological polar surface area (TPSA) is 83.3 Å². The van der Waals surface area contributed by atoms with Gasteiger partial charge in [0.2, 0.25) is 0 Å². The van der Waals surface area contributed by atoms with E-state index in [-0.39, 0.29) is 12.5 Å². The Morgan fingerprint density at radius 3 is 3.00 bits per heavy atom. The molecule has 3 rings (SSSR count). The molecule has 7 heteroatoms. The van der Waals surface area contributed by atoms with Crippen LogP contribution in [0.25, 0.3) is 0 Å². The number of aromatic nitrogens is 3. The van der Waals surface area contributed by atoms with Crippen LogP contribution in [0, 0.1) is 6.92 Å². The number of aliphatic hydroxyl groups is 1. The van der Waals surface area contributed by atoms with E-state index in [1.165, 1.54) is 6.33 Å². The van der Waals surface area contributed by atoms with Gasteiger partial charge in [0.1, 0.15) is 23.4 Å². The molecule has 2 N–H and O–H groups in total. The second-order valence-electron chi connectivity index (χ2n) is 6.10. The lowest BCUT2D eigenvalue weighted by Gasteiger charge is -2.24. The molecule has 0 bridgehead atoms. The number of β-amino-alcohol motifs (C(OH)–C–C–N with tert-alkyl or cyclic N) is 1. The van der Waals surface area contributed by atoms with Crippen molar-refractivity contribution >= 4 is 11.7 Å². The second kappa shape index (κ2) is 6.00. The van der Waals surface area contributed by atoms with Crippen LogP contribution in [0.3, 0.4) is 0 Å². The van der Waals surface area contributed by atoms with Crippen LogP contribution in [0.15, 0.2) is 30.7 Å². The van der Waals surface area contributed by atoms with E-state index in [2.05, 4.69) is 15.3 Å². The number of nitrogens with zero attached hydrogens (tertiary/aromatic N) is 4. The summed E-state index contributed by atoms with van der Waals surface area (Å²) in [5, 5.41) is 13.5. The van der Waals surface area contributed by atoms with Gasteiger partial charge in [0.15, 0.2) is 0 Å². The molecule has 1 aliphatic rings. The predicted molar refractivity (Wildman–Crippen MR) is 86.3 cm³/mol. The quantitative estimate of drug-likeness (QED) is 0.858. The smallest absolute Gasteiger partial charge is 0.267 e. The average molecular weight is 315 g/mol. The first-order valence-electron chi connectivity index (χ1n) is 7.62. The molecule has 0 spiro atoms. The molecule has 7 nitrogen and oxygen atoms in total. The minimum absolute atomic E-state index is 0.178. The molecule has 3 heterocycles. The Bertz CT molecular complexity index is 714. The van der Waals surface area contributed by atoms with E-state index in [0.717, 1.165) is 11.5 Å². The van der Waals surface area contributed by atoms with Crippen molar-refractivity contribution in [3.05, 3.63) is 42.1 Å². The highest BCUT2D eigenvalue weighted by atomic mass is 16.3. The van der Waals surface area contributed by atoms with Gasteiger partial charge in [-0.15, -0.1) is 0 Å². The third-order valence-electron chi connectivity index (χ3n) is 4.20. The molecule has 0 unspecified atom stereocenters. The summed E-state index contributed by atoms with van der Waals surface area (Å²) in [6, 6.07) is 5.47. The predicted octanol–water partition coefficient (Wildman–Crippen LogP) is 0.495. The lowest BCUT2D eigenvalue weighted by Crippen LogP contribution is -2.45. The van der Waals surface area contributed by atoms with E-state index < -0.39 is 5.60 Å². The molecule has 0 radical (unpaired) electrons. The van der Waals surface area contributed by atoms with E-state index in [0.29, 0.717) is 25.2 Å². The van der Waals surface area contributed by atoms with Crippen LogP contribution < -0.4 is 10.2 Å². The van der Waals surface area contributed by atoms with Gasteiger partial charge >= 0.3 is 0 Å². The lowest BCUT2D eigenvalue weighted by atomic mass is 10.0. The van der Waals surface area contributed by atoms with Crippen molar-refractivity contribution in [2.24, 2.45) is 7.05 Å². The second-order valence-corrected chi connectivity index (χ2v) is 6.10. The molecule has 0 saturated carbocycles. The highest BCUT2D eigenvalue weighted by molar-refractivity contribution is 5.92. The zero-order valence-corrected chi connectivity index (χ0v) is 13.4. The number of carbonyl (C=O) groups is 1. The van der Waals surface area contributed by atoms with Crippen LogP contribution in [0.2, 0.25) is 0 Å². The lowest BCUT2D eigenvalue weighted by molar-refractivity contribution is 0.0573. The fourth-order valence-electron chi connectivity index (χ4n) is 2.84. The van der Waals surface area contributed by atoms with Crippen LogP contribution >= 0.6 is 0 Å². The fourth-order valence-corrected chi connectivity index (χ4v) is 2.84. The number of hydrogen-bond acceptors (Lipinski definition) is 5. The summed E-state index contributed by atoms with van der Waals surface area (Å²) < 4.78 is 1.75. The SMILES string of the molecule is Cc1cc(N2CC[C@](O)(CNC(=O)c3cccn3C)C2)ncn1. The molecule has 1 saturated heterocycles. The van der Waals surface area contributed by atoms with Crippen molar-refractivity contribution in [2.75, 3.05) is 24.5 Å². The molecule has 0 aromatic carbocycles. The normalized spacial score (nSPS) is 20.7. The molecule has 2 aromatic rings. The van der Waals surface area contributed by atoms with E-state index >= 15 is 0 Å². The molecule has 0 aliphatic carbocycles.